The van der Waals surface area contributed by atoms with Gasteiger partial charge in [-0.2, -0.15) is 0 Å². The molecule has 4 nitrogen and oxygen atoms in total. The predicted molar refractivity (Wildman–Crippen MR) is 105 cm³/mol. The number of nitrogens with two attached hydrogens (primary N) is 1. The van der Waals surface area contributed by atoms with E-state index in [1.165, 1.54) is 50.9 Å². The number of pyridine rings is 1. The summed E-state index contributed by atoms with van der Waals surface area (Å²) in [5.41, 5.74) is 10.4. The van der Waals surface area contributed by atoms with Gasteiger partial charge < -0.3 is 5.73 Å². The van der Waals surface area contributed by atoms with Crippen molar-refractivity contribution in [1.29, 1.82) is 0 Å². The van der Waals surface area contributed by atoms with Gasteiger partial charge in [-0.15, -0.1) is 0 Å². The molecule has 2 atom stereocenters. The average Bonchev–Trinajstić information content (AvgIpc) is 2.88. The van der Waals surface area contributed by atoms with Crippen LogP contribution in [0.2, 0.25) is 0 Å². The normalized spacial score (nSPS) is 26.8. The first-order valence-electron chi connectivity index (χ1n) is 10.0. The molecule has 1 aliphatic carbocycles. The molecule has 1 aromatic heterocycles. The van der Waals surface area contributed by atoms with E-state index in [1.54, 1.807) is 17.3 Å². The van der Waals surface area contributed by atoms with Crippen LogP contribution in [0.3, 0.4) is 0 Å². The van der Waals surface area contributed by atoms with Gasteiger partial charge in [-0.05, 0) is 48.8 Å². The van der Waals surface area contributed by atoms with Crippen molar-refractivity contribution in [2.75, 3.05) is 25.4 Å². The van der Waals surface area contributed by atoms with Gasteiger partial charge in [-0.25, -0.2) is 4.98 Å². The second-order valence-corrected chi connectivity index (χ2v) is 8.36. The number of hydrogen-bond acceptors (Lipinski definition) is 4. The van der Waals surface area contributed by atoms with Gasteiger partial charge >= 0.3 is 0 Å². The molecule has 3 aliphatic heterocycles. The van der Waals surface area contributed by atoms with Crippen LogP contribution < -0.4 is 5.73 Å². The molecule has 1 aromatic carbocycles. The zero-order valence-corrected chi connectivity index (χ0v) is 15.3. The Morgan fingerprint density at radius 3 is 2.50 bits per heavy atom. The SMILES string of the molecule is Nc1ncccc1CN1C[C@H]2CC[C@@H]1CN(C1Cc3ccccc3C1)C2. The second kappa shape index (κ2) is 6.67. The van der Waals surface area contributed by atoms with Crippen molar-refractivity contribution in [3.8, 4) is 0 Å². The number of fused-ring (bicyclic) bond motifs is 5. The molecule has 136 valence electrons. The fraction of sp³-hybridized carbons (Fsp3) is 0.500. The molecular formula is C22H28N4. The van der Waals surface area contributed by atoms with Crippen molar-refractivity contribution in [2.45, 2.75) is 44.3 Å². The van der Waals surface area contributed by atoms with E-state index < -0.39 is 0 Å². The van der Waals surface area contributed by atoms with Crippen molar-refractivity contribution in [3.63, 3.8) is 0 Å². The lowest BCUT2D eigenvalue weighted by atomic mass is 9.94. The zero-order chi connectivity index (χ0) is 17.5. The lowest BCUT2D eigenvalue weighted by Crippen LogP contribution is -2.45. The number of aromatic nitrogens is 1. The first-order chi connectivity index (χ1) is 12.8. The molecule has 26 heavy (non-hydrogen) atoms. The summed E-state index contributed by atoms with van der Waals surface area (Å²) in [4.78, 5) is 9.74. The van der Waals surface area contributed by atoms with Gasteiger partial charge in [0.2, 0.25) is 0 Å². The molecule has 2 N–H and O–H groups in total. The third-order valence-electron chi connectivity index (χ3n) is 6.70. The zero-order valence-electron chi connectivity index (χ0n) is 15.3. The first-order valence-corrected chi connectivity index (χ1v) is 10.0. The maximum absolute atomic E-state index is 6.10. The van der Waals surface area contributed by atoms with E-state index in [1.807, 2.05) is 6.07 Å². The van der Waals surface area contributed by atoms with E-state index >= 15 is 0 Å². The Kier molecular flexibility index (Phi) is 4.18. The summed E-state index contributed by atoms with van der Waals surface area (Å²) in [7, 11) is 0. The Morgan fingerprint density at radius 1 is 0.923 bits per heavy atom. The van der Waals surface area contributed by atoms with Crippen molar-refractivity contribution in [1.82, 2.24) is 14.8 Å². The topological polar surface area (TPSA) is 45.4 Å². The lowest BCUT2D eigenvalue weighted by molar-refractivity contribution is 0.120. The van der Waals surface area contributed by atoms with Crippen LogP contribution in [0.25, 0.3) is 0 Å². The fourth-order valence-corrected chi connectivity index (χ4v) is 5.30. The van der Waals surface area contributed by atoms with Gasteiger partial charge in [-0.1, -0.05) is 30.3 Å². The van der Waals surface area contributed by atoms with E-state index in [2.05, 4.69) is 45.1 Å². The number of nitrogens with zero attached hydrogens (tertiary/aromatic N) is 3. The third kappa shape index (κ3) is 3.01. The monoisotopic (exact) mass is 348 g/mol. The summed E-state index contributed by atoms with van der Waals surface area (Å²) < 4.78 is 0. The molecule has 0 unspecified atom stereocenters. The van der Waals surface area contributed by atoms with Crippen LogP contribution in [-0.2, 0) is 19.4 Å². The summed E-state index contributed by atoms with van der Waals surface area (Å²) in [6, 6.07) is 14.5. The summed E-state index contributed by atoms with van der Waals surface area (Å²) >= 11 is 0. The van der Waals surface area contributed by atoms with Gasteiger partial charge in [0.1, 0.15) is 5.82 Å². The van der Waals surface area contributed by atoms with Crippen LogP contribution in [0, 0.1) is 5.92 Å². The van der Waals surface area contributed by atoms with Crippen LogP contribution in [0.15, 0.2) is 42.6 Å². The van der Waals surface area contributed by atoms with Crippen molar-refractivity contribution in [3.05, 3.63) is 59.3 Å². The molecule has 0 spiro atoms. The molecule has 4 heteroatoms. The van der Waals surface area contributed by atoms with Crippen molar-refractivity contribution >= 4 is 5.82 Å². The van der Waals surface area contributed by atoms with Crippen LogP contribution in [0.5, 0.6) is 0 Å². The number of benzene rings is 1. The number of hydrogen-bond donors (Lipinski definition) is 1. The predicted octanol–water partition coefficient (Wildman–Crippen LogP) is 2.73. The van der Waals surface area contributed by atoms with Gasteiger partial charge in [0, 0.05) is 50.0 Å². The van der Waals surface area contributed by atoms with Gasteiger partial charge in [0.05, 0.1) is 0 Å². The minimum Gasteiger partial charge on any atom is -0.383 e. The molecule has 0 amide bonds. The van der Waals surface area contributed by atoms with Crippen molar-refractivity contribution < 1.29 is 0 Å². The van der Waals surface area contributed by atoms with Gasteiger partial charge in [0.15, 0.2) is 0 Å². The van der Waals surface area contributed by atoms with Crippen LogP contribution in [-0.4, -0.2) is 46.5 Å². The summed E-state index contributed by atoms with van der Waals surface area (Å²) in [6.07, 6.45) is 6.93. The highest BCUT2D eigenvalue weighted by Gasteiger charge is 2.38. The Hall–Kier alpha value is -1.91. The minimum absolute atomic E-state index is 0.650. The van der Waals surface area contributed by atoms with Gasteiger partial charge in [-0.3, -0.25) is 9.80 Å². The molecule has 4 heterocycles. The van der Waals surface area contributed by atoms with Crippen LogP contribution in [0.1, 0.15) is 29.5 Å². The maximum atomic E-state index is 6.10. The highest BCUT2D eigenvalue weighted by molar-refractivity contribution is 5.38. The highest BCUT2D eigenvalue weighted by Crippen LogP contribution is 2.33. The van der Waals surface area contributed by atoms with Crippen LogP contribution >= 0.6 is 0 Å². The maximum Gasteiger partial charge on any atom is 0.127 e. The largest absolute Gasteiger partial charge is 0.383 e. The minimum atomic E-state index is 0.650. The van der Waals surface area contributed by atoms with E-state index in [9.17, 15) is 0 Å². The molecule has 3 fully saturated rings. The van der Waals surface area contributed by atoms with E-state index in [-0.39, 0.29) is 0 Å². The summed E-state index contributed by atoms with van der Waals surface area (Å²) in [5.74, 6) is 1.48. The van der Waals surface area contributed by atoms with E-state index in [0.717, 1.165) is 12.5 Å². The van der Waals surface area contributed by atoms with Crippen molar-refractivity contribution in [2.24, 2.45) is 5.92 Å². The molecule has 4 aliphatic rings. The fourth-order valence-electron chi connectivity index (χ4n) is 5.30. The number of piperidine rings is 1. The smallest absolute Gasteiger partial charge is 0.127 e. The molecule has 0 radical (unpaired) electrons. The highest BCUT2D eigenvalue weighted by atomic mass is 15.3. The Bertz CT molecular complexity index is 764. The number of anilines is 1. The summed E-state index contributed by atoms with van der Waals surface area (Å²) in [6.45, 7) is 4.61. The Balaban J connectivity index is 1.31. The summed E-state index contributed by atoms with van der Waals surface area (Å²) in [5, 5.41) is 0. The lowest BCUT2D eigenvalue weighted by Gasteiger charge is -2.36. The Labute approximate surface area is 156 Å². The van der Waals surface area contributed by atoms with Crippen LogP contribution in [0.4, 0.5) is 5.82 Å². The second-order valence-electron chi connectivity index (χ2n) is 8.36. The standard InChI is InChI=1S/C22H28N4/c23-22-19(6-3-9-24-22)14-25-12-16-7-8-20(25)15-26(13-16)21-10-17-4-1-2-5-18(17)11-21/h1-6,9,16,20-21H,7-8,10-15H2,(H2,23,24)/t16-,20-/m1/s1. The quantitative estimate of drug-likeness (QED) is 0.926. The number of nitrogen functional groups attached to an aromatic ring is 1. The molecule has 3 saturated heterocycles. The molecular weight excluding hydrogens is 320 g/mol. The third-order valence-corrected chi connectivity index (χ3v) is 6.70. The molecule has 0 saturated carbocycles. The number of rotatable bonds is 3. The molecule has 2 aromatic rings. The molecule has 6 rings (SSSR count). The van der Waals surface area contributed by atoms with Gasteiger partial charge in [0.25, 0.3) is 0 Å². The molecule has 2 bridgehead atoms. The first kappa shape index (κ1) is 16.3. The average molecular weight is 348 g/mol. The Morgan fingerprint density at radius 2 is 1.73 bits per heavy atom. The van der Waals surface area contributed by atoms with E-state index in [0.29, 0.717) is 17.9 Å². The van der Waals surface area contributed by atoms with E-state index in [4.69, 9.17) is 5.73 Å².